The van der Waals surface area contributed by atoms with Crippen LogP contribution in [-0.4, -0.2) is 37.1 Å². The van der Waals surface area contributed by atoms with E-state index in [1.165, 1.54) is 19.3 Å². The summed E-state index contributed by atoms with van der Waals surface area (Å²) in [6.07, 6.45) is 6.43. The average Bonchev–Trinajstić information content (AvgIpc) is 2.52. The van der Waals surface area contributed by atoms with Crippen LogP contribution in [0.3, 0.4) is 0 Å². The molecule has 0 bridgehead atoms. The Bertz CT molecular complexity index is 319. The molecule has 3 heteroatoms. The Kier molecular flexibility index (Phi) is 6.06. The third-order valence-corrected chi connectivity index (χ3v) is 5.11. The normalized spacial score (nSPS) is 28.2. The zero-order valence-electron chi connectivity index (χ0n) is 14.3. The maximum Gasteiger partial charge on any atom is 0.307 e. The van der Waals surface area contributed by atoms with Gasteiger partial charge in [-0.15, -0.1) is 0 Å². The Labute approximate surface area is 125 Å². The van der Waals surface area contributed by atoms with Gasteiger partial charge in [-0.3, -0.25) is 4.79 Å². The smallest absolute Gasteiger partial charge is 0.307 e. The molecule has 0 aromatic heterocycles. The van der Waals surface area contributed by atoms with E-state index in [1.807, 2.05) is 6.92 Å². The summed E-state index contributed by atoms with van der Waals surface area (Å²) in [5, 5.41) is 0. The van der Waals surface area contributed by atoms with Gasteiger partial charge in [0.25, 0.3) is 0 Å². The highest BCUT2D eigenvalue weighted by Gasteiger charge is 2.39. The Hall–Kier alpha value is -0.570. The first-order valence-electron chi connectivity index (χ1n) is 8.04. The Morgan fingerprint density at radius 1 is 1.25 bits per heavy atom. The molecule has 0 aromatic carbocycles. The minimum atomic E-state index is -0.0459. The van der Waals surface area contributed by atoms with Gasteiger partial charge in [-0.05, 0) is 58.0 Å². The number of esters is 1. The number of carbonyl (C=O) groups is 1. The highest BCUT2D eigenvalue weighted by Crippen LogP contribution is 2.42. The summed E-state index contributed by atoms with van der Waals surface area (Å²) in [7, 11) is 4.22. The molecule has 1 aliphatic carbocycles. The number of rotatable bonds is 4. The Morgan fingerprint density at radius 2 is 1.90 bits per heavy atom. The summed E-state index contributed by atoms with van der Waals surface area (Å²) in [5.41, 5.74) is 0.360. The lowest BCUT2D eigenvalue weighted by molar-refractivity contribution is -0.146. The van der Waals surface area contributed by atoms with Crippen LogP contribution in [0.25, 0.3) is 0 Å². The van der Waals surface area contributed by atoms with Gasteiger partial charge < -0.3 is 9.64 Å². The van der Waals surface area contributed by atoms with E-state index in [0.717, 1.165) is 18.8 Å². The lowest BCUT2D eigenvalue weighted by atomic mass is 9.76. The highest BCUT2D eigenvalue weighted by atomic mass is 16.5. The van der Waals surface area contributed by atoms with Crippen LogP contribution < -0.4 is 0 Å². The SMILES string of the molecule is CCOC(=O)CC1(N(C)C)CCCC(C(C)(C)C)CC1. The first kappa shape index (κ1) is 17.5. The van der Waals surface area contributed by atoms with Gasteiger partial charge in [0.15, 0.2) is 0 Å². The summed E-state index contributed by atoms with van der Waals surface area (Å²) in [5.74, 6) is 0.710. The van der Waals surface area contributed by atoms with E-state index in [-0.39, 0.29) is 11.5 Å². The highest BCUT2D eigenvalue weighted by molar-refractivity contribution is 5.70. The van der Waals surface area contributed by atoms with Crippen LogP contribution in [0.15, 0.2) is 0 Å². The van der Waals surface area contributed by atoms with Crippen LogP contribution in [0, 0.1) is 11.3 Å². The minimum Gasteiger partial charge on any atom is -0.466 e. The van der Waals surface area contributed by atoms with Gasteiger partial charge in [-0.25, -0.2) is 0 Å². The van der Waals surface area contributed by atoms with Gasteiger partial charge in [0.05, 0.1) is 13.0 Å². The molecule has 0 radical (unpaired) electrons. The molecule has 0 N–H and O–H groups in total. The maximum atomic E-state index is 12.0. The molecule has 1 rings (SSSR count). The monoisotopic (exact) mass is 283 g/mol. The van der Waals surface area contributed by atoms with E-state index in [0.29, 0.717) is 18.4 Å². The molecule has 1 aliphatic rings. The second-order valence-electron chi connectivity index (χ2n) is 7.59. The van der Waals surface area contributed by atoms with Gasteiger partial charge in [0, 0.05) is 5.54 Å². The van der Waals surface area contributed by atoms with Crippen molar-refractivity contribution >= 4 is 5.97 Å². The molecule has 2 atom stereocenters. The number of hydrogen-bond acceptors (Lipinski definition) is 3. The van der Waals surface area contributed by atoms with E-state index < -0.39 is 0 Å². The topological polar surface area (TPSA) is 29.5 Å². The molecule has 118 valence electrons. The first-order chi connectivity index (χ1) is 9.21. The van der Waals surface area contributed by atoms with Crippen LogP contribution in [0.2, 0.25) is 0 Å². The molecular weight excluding hydrogens is 250 g/mol. The van der Waals surface area contributed by atoms with Crippen LogP contribution in [0.1, 0.15) is 66.2 Å². The predicted molar refractivity (Wildman–Crippen MR) is 83.7 cm³/mol. The van der Waals surface area contributed by atoms with Crippen molar-refractivity contribution in [3.05, 3.63) is 0 Å². The van der Waals surface area contributed by atoms with Crippen molar-refractivity contribution in [3.63, 3.8) is 0 Å². The summed E-state index contributed by atoms with van der Waals surface area (Å²) < 4.78 is 5.19. The fourth-order valence-electron chi connectivity index (χ4n) is 3.52. The lowest BCUT2D eigenvalue weighted by Gasteiger charge is -2.39. The van der Waals surface area contributed by atoms with Crippen LogP contribution in [0.5, 0.6) is 0 Å². The van der Waals surface area contributed by atoms with E-state index in [1.54, 1.807) is 0 Å². The fourth-order valence-corrected chi connectivity index (χ4v) is 3.52. The second kappa shape index (κ2) is 6.93. The molecule has 1 saturated carbocycles. The van der Waals surface area contributed by atoms with Crippen molar-refractivity contribution in [2.45, 2.75) is 71.8 Å². The van der Waals surface area contributed by atoms with Crippen LogP contribution in [0.4, 0.5) is 0 Å². The van der Waals surface area contributed by atoms with Crippen LogP contribution >= 0.6 is 0 Å². The molecule has 0 amide bonds. The number of nitrogens with zero attached hydrogens (tertiary/aromatic N) is 1. The molecule has 0 spiro atoms. The summed E-state index contributed by atoms with van der Waals surface area (Å²) in [4.78, 5) is 14.2. The maximum absolute atomic E-state index is 12.0. The summed E-state index contributed by atoms with van der Waals surface area (Å²) in [6.45, 7) is 9.37. The van der Waals surface area contributed by atoms with Gasteiger partial charge in [-0.1, -0.05) is 27.2 Å². The molecular formula is C17H33NO2. The van der Waals surface area contributed by atoms with E-state index in [9.17, 15) is 4.79 Å². The minimum absolute atomic E-state index is 0.00769. The van der Waals surface area contributed by atoms with Gasteiger partial charge in [0.1, 0.15) is 0 Å². The number of hydrogen-bond donors (Lipinski definition) is 0. The van der Waals surface area contributed by atoms with E-state index in [4.69, 9.17) is 4.74 Å². The zero-order chi connectivity index (χ0) is 15.4. The molecule has 3 nitrogen and oxygen atoms in total. The quantitative estimate of drug-likeness (QED) is 0.579. The average molecular weight is 283 g/mol. The first-order valence-corrected chi connectivity index (χ1v) is 8.04. The number of carbonyl (C=O) groups excluding carboxylic acids is 1. The van der Waals surface area contributed by atoms with E-state index >= 15 is 0 Å². The van der Waals surface area contributed by atoms with Crippen molar-refractivity contribution in [2.75, 3.05) is 20.7 Å². The second-order valence-corrected chi connectivity index (χ2v) is 7.59. The van der Waals surface area contributed by atoms with Gasteiger partial charge >= 0.3 is 5.97 Å². The predicted octanol–water partition coefficient (Wildman–Crippen LogP) is 3.87. The molecule has 2 unspecified atom stereocenters. The summed E-state index contributed by atoms with van der Waals surface area (Å²) >= 11 is 0. The van der Waals surface area contributed by atoms with Gasteiger partial charge in [-0.2, -0.15) is 0 Å². The molecule has 20 heavy (non-hydrogen) atoms. The van der Waals surface area contributed by atoms with Crippen molar-refractivity contribution < 1.29 is 9.53 Å². The molecule has 0 heterocycles. The third kappa shape index (κ3) is 4.47. The van der Waals surface area contributed by atoms with Crippen molar-refractivity contribution in [1.82, 2.24) is 4.90 Å². The van der Waals surface area contributed by atoms with Crippen molar-refractivity contribution in [2.24, 2.45) is 11.3 Å². The summed E-state index contributed by atoms with van der Waals surface area (Å²) in [6, 6.07) is 0. The molecule has 0 aliphatic heterocycles. The Morgan fingerprint density at radius 3 is 2.40 bits per heavy atom. The lowest BCUT2D eigenvalue weighted by Crippen LogP contribution is -2.46. The molecule has 1 fully saturated rings. The third-order valence-electron chi connectivity index (χ3n) is 5.11. The number of ether oxygens (including phenoxy) is 1. The van der Waals surface area contributed by atoms with E-state index in [2.05, 4.69) is 39.8 Å². The zero-order valence-corrected chi connectivity index (χ0v) is 14.3. The van der Waals surface area contributed by atoms with Crippen molar-refractivity contribution in [3.8, 4) is 0 Å². The van der Waals surface area contributed by atoms with Gasteiger partial charge in [0.2, 0.25) is 0 Å². The Balaban J connectivity index is 2.79. The largest absolute Gasteiger partial charge is 0.466 e. The molecule has 0 aromatic rings. The standard InChI is InChI=1S/C17H33NO2/c1-7-20-15(19)13-17(18(5)6)11-8-9-14(10-12-17)16(2,3)4/h14H,7-13H2,1-6H3. The van der Waals surface area contributed by atoms with Crippen LogP contribution in [-0.2, 0) is 9.53 Å². The fraction of sp³-hybridized carbons (Fsp3) is 0.941. The van der Waals surface area contributed by atoms with Crippen molar-refractivity contribution in [1.29, 1.82) is 0 Å². The molecule has 0 saturated heterocycles.